The molecule has 0 amide bonds. The van der Waals surface area contributed by atoms with E-state index < -0.39 is 11.7 Å². The van der Waals surface area contributed by atoms with E-state index in [0.717, 1.165) is 55.9 Å². The minimum atomic E-state index is -4.36. The lowest BCUT2D eigenvalue weighted by atomic mass is 9.84. The predicted octanol–water partition coefficient (Wildman–Crippen LogP) is 11.2. The first-order chi connectivity index (χ1) is 19.5. The van der Waals surface area contributed by atoms with Crippen molar-refractivity contribution in [3.8, 4) is 33.4 Å². The Morgan fingerprint density at radius 1 is 0.325 bits per heavy atom. The van der Waals surface area contributed by atoms with Gasteiger partial charge < -0.3 is 0 Å². The Morgan fingerprint density at radius 3 is 1.27 bits per heavy atom. The van der Waals surface area contributed by atoms with Crippen LogP contribution in [0.5, 0.6) is 0 Å². The molecule has 0 aliphatic carbocycles. The van der Waals surface area contributed by atoms with Crippen LogP contribution >= 0.6 is 0 Å². The van der Waals surface area contributed by atoms with Crippen LogP contribution in [0.3, 0.4) is 0 Å². The lowest BCUT2D eigenvalue weighted by molar-refractivity contribution is -0.137. The van der Waals surface area contributed by atoms with Crippen LogP contribution in [-0.4, -0.2) is 0 Å². The van der Waals surface area contributed by atoms with E-state index in [0.29, 0.717) is 0 Å². The molecule has 0 saturated heterocycles. The third-order valence-electron chi connectivity index (χ3n) is 7.71. The fourth-order valence-electron chi connectivity index (χ4n) is 5.94. The van der Waals surface area contributed by atoms with Crippen molar-refractivity contribution in [3.63, 3.8) is 0 Å². The van der Waals surface area contributed by atoms with E-state index in [1.807, 2.05) is 24.3 Å². The van der Waals surface area contributed by atoms with Crippen molar-refractivity contribution in [2.75, 3.05) is 0 Å². The van der Waals surface area contributed by atoms with Crippen molar-refractivity contribution in [2.45, 2.75) is 6.18 Å². The van der Waals surface area contributed by atoms with Crippen LogP contribution < -0.4 is 0 Å². The van der Waals surface area contributed by atoms with Gasteiger partial charge in [-0.1, -0.05) is 127 Å². The smallest absolute Gasteiger partial charge is 0.166 e. The molecule has 3 heteroatoms. The van der Waals surface area contributed by atoms with Gasteiger partial charge in [-0.25, -0.2) is 0 Å². The van der Waals surface area contributed by atoms with Gasteiger partial charge in [0.1, 0.15) is 0 Å². The Kier molecular flexibility index (Phi) is 5.67. The molecule has 0 nitrogen and oxygen atoms in total. The van der Waals surface area contributed by atoms with Gasteiger partial charge in [0.05, 0.1) is 5.56 Å². The third-order valence-corrected chi connectivity index (χ3v) is 7.71. The van der Waals surface area contributed by atoms with E-state index in [-0.39, 0.29) is 0 Å². The summed E-state index contributed by atoms with van der Waals surface area (Å²) < 4.78 is 39.6. The summed E-state index contributed by atoms with van der Waals surface area (Å²) in [6.45, 7) is 0. The average Bonchev–Trinajstić information content (AvgIpc) is 2.99. The molecule has 192 valence electrons. The molecule has 0 heterocycles. The fourth-order valence-corrected chi connectivity index (χ4v) is 5.94. The minimum Gasteiger partial charge on any atom is -0.166 e. The average molecular weight is 525 g/mol. The summed E-state index contributed by atoms with van der Waals surface area (Å²) in [6.07, 6.45) is -4.36. The third kappa shape index (κ3) is 3.94. The molecule has 0 spiro atoms. The van der Waals surface area contributed by atoms with Crippen LogP contribution in [0.25, 0.3) is 65.7 Å². The van der Waals surface area contributed by atoms with Crippen LogP contribution in [0.2, 0.25) is 0 Å². The van der Waals surface area contributed by atoms with E-state index in [9.17, 15) is 13.2 Å². The second-order valence-electron chi connectivity index (χ2n) is 9.99. The van der Waals surface area contributed by atoms with Crippen LogP contribution in [0.15, 0.2) is 140 Å². The zero-order chi connectivity index (χ0) is 27.3. The molecule has 0 fully saturated rings. The van der Waals surface area contributed by atoms with Crippen molar-refractivity contribution in [2.24, 2.45) is 0 Å². The van der Waals surface area contributed by atoms with E-state index in [1.165, 1.54) is 21.9 Å². The van der Waals surface area contributed by atoms with Crippen molar-refractivity contribution in [3.05, 3.63) is 145 Å². The van der Waals surface area contributed by atoms with E-state index in [2.05, 4.69) is 91.0 Å². The molecule has 0 atom stereocenters. The highest BCUT2D eigenvalue weighted by Crippen LogP contribution is 2.46. The Bertz CT molecular complexity index is 1960. The number of hydrogen-bond acceptors (Lipinski definition) is 0. The molecule has 40 heavy (non-hydrogen) atoms. The number of benzene rings is 7. The van der Waals surface area contributed by atoms with Crippen LogP contribution in [0.1, 0.15) is 5.56 Å². The molecule has 7 aromatic carbocycles. The van der Waals surface area contributed by atoms with E-state index in [1.54, 1.807) is 12.1 Å². The first-order valence-electron chi connectivity index (χ1n) is 13.2. The van der Waals surface area contributed by atoms with Gasteiger partial charge >= 0.3 is 6.18 Å². The van der Waals surface area contributed by atoms with Crippen LogP contribution in [0.4, 0.5) is 13.2 Å². The molecule has 0 aromatic heterocycles. The summed E-state index contributed by atoms with van der Waals surface area (Å²) in [7, 11) is 0. The quantitative estimate of drug-likeness (QED) is 0.202. The zero-order valence-electron chi connectivity index (χ0n) is 21.4. The highest BCUT2D eigenvalue weighted by atomic mass is 19.4. The first kappa shape index (κ1) is 24.2. The van der Waals surface area contributed by atoms with Crippen LogP contribution in [0, 0.1) is 0 Å². The lowest BCUT2D eigenvalue weighted by Gasteiger charge is -2.19. The van der Waals surface area contributed by atoms with Gasteiger partial charge in [0.15, 0.2) is 0 Å². The van der Waals surface area contributed by atoms with Crippen molar-refractivity contribution >= 4 is 32.3 Å². The molecule has 7 rings (SSSR count). The molecular weight excluding hydrogens is 501 g/mol. The summed E-state index contributed by atoms with van der Waals surface area (Å²) in [5, 5.41) is 6.74. The summed E-state index contributed by atoms with van der Waals surface area (Å²) in [5.41, 5.74) is 5.64. The maximum Gasteiger partial charge on any atom is 0.416 e. The zero-order valence-corrected chi connectivity index (χ0v) is 21.4. The SMILES string of the molecule is FC(F)(F)c1ccc(-c2ccc(-c3c4ccccc4c(-c4ccccc4)c4ccccc34)c3ccccc23)cc1. The summed E-state index contributed by atoms with van der Waals surface area (Å²) in [4.78, 5) is 0. The number of alkyl halides is 3. The van der Waals surface area contributed by atoms with Gasteiger partial charge in [-0.3, -0.25) is 0 Å². The molecule has 0 radical (unpaired) electrons. The summed E-state index contributed by atoms with van der Waals surface area (Å²) in [5.74, 6) is 0. The Balaban J connectivity index is 1.53. The highest BCUT2D eigenvalue weighted by Gasteiger charge is 2.30. The fraction of sp³-hybridized carbons (Fsp3) is 0.0270. The van der Waals surface area contributed by atoms with Crippen LogP contribution in [-0.2, 0) is 6.18 Å². The molecule has 7 aromatic rings. The monoisotopic (exact) mass is 524 g/mol. The maximum absolute atomic E-state index is 13.2. The highest BCUT2D eigenvalue weighted by molar-refractivity contribution is 6.24. The molecule has 0 aliphatic heterocycles. The minimum absolute atomic E-state index is 0.645. The second kappa shape index (κ2) is 9.39. The molecular formula is C37H23F3. The van der Waals surface area contributed by atoms with Gasteiger partial charge in [-0.15, -0.1) is 0 Å². The molecule has 0 saturated carbocycles. The largest absolute Gasteiger partial charge is 0.416 e. The maximum atomic E-state index is 13.2. The molecule has 0 unspecified atom stereocenters. The Hall–Kier alpha value is -4.89. The molecule has 0 aliphatic rings. The summed E-state index contributed by atoms with van der Waals surface area (Å²) in [6, 6.07) is 45.3. The van der Waals surface area contributed by atoms with Gasteiger partial charge in [0, 0.05) is 0 Å². The predicted molar refractivity (Wildman–Crippen MR) is 160 cm³/mol. The lowest BCUT2D eigenvalue weighted by Crippen LogP contribution is -2.04. The van der Waals surface area contributed by atoms with Crippen molar-refractivity contribution in [1.29, 1.82) is 0 Å². The van der Waals surface area contributed by atoms with E-state index in [4.69, 9.17) is 0 Å². The van der Waals surface area contributed by atoms with Gasteiger partial charge in [-0.2, -0.15) is 13.2 Å². The van der Waals surface area contributed by atoms with Crippen molar-refractivity contribution < 1.29 is 13.2 Å². The summed E-state index contributed by atoms with van der Waals surface area (Å²) >= 11 is 0. The Morgan fingerprint density at radius 2 is 0.750 bits per heavy atom. The van der Waals surface area contributed by atoms with E-state index >= 15 is 0 Å². The molecule has 0 bridgehead atoms. The normalized spacial score (nSPS) is 11.9. The van der Waals surface area contributed by atoms with Gasteiger partial charge in [0.25, 0.3) is 0 Å². The first-order valence-corrected chi connectivity index (χ1v) is 13.2. The van der Waals surface area contributed by atoms with Crippen molar-refractivity contribution in [1.82, 2.24) is 0 Å². The second-order valence-corrected chi connectivity index (χ2v) is 9.99. The van der Waals surface area contributed by atoms with Gasteiger partial charge in [0.2, 0.25) is 0 Å². The molecule has 0 N–H and O–H groups in total. The van der Waals surface area contributed by atoms with Gasteiger partial charge in [-0.05, 0) is 77.8 Å². The number of fused-ring (bicyclic) bond motifs is 3. The Labute approximate surface area is 230 Å². The standard InChI is InChI=1S/C37H23F3/c38-37(39,40)26-20-18-24(19-21-26)27-22-23-34(29-13-5-4-12-28(27)29)36-32-16-8-6-14-30(32)35(25-10-2-1-3-11-25)31-15-7-9-17-33(31)36/h1-23H. The number of halogens is 3. The number of hydrogen-bond donors (Lipinski definition) is 0. The topological polar surface area (TPSA) is 0 Å². The number of rotatable bonds is 3.